The maximum Gasteiger partial charge on any atom is 0.340 e. The molecule has 0 saturated heterocycles. The van der Waals surface area contributed by atoms with Crippen molar-refractivity contribution in [3.63, 3.8) is 0 Å². The van der Waals surface area contributed by atoms with Crippen LogP contribution in [0.15, 0.2) is 60.7 Å². The predicted molar refractivity (Wildman–Crippen MR) is 94.2 cm³/mol. The molecular formula is C20H19NO3. The molecule has 122 valence electrons. The Morgan fingerprint density at radius 1 is 1.00 bits per heavy atom. The molecule has 0 bridgehead atoms. The molecule has 0 aliphatic rings. The highest BCUT2D eigenvalue weighted by Crippen LogP contribution is 2.30. The number of hydrogen-bond donors (Lipinski definition) is 1. The van der Waals surface area contributed by atoms with E-state index in [1.807, 2.05) is 60.7 Å². The Morgan fingerprint density at radius 2 is 1.71 bits per heavy atom. The largest absolute Gasteiger partial charge is 0.497 e. The summed E-state index contributed by atoms with van der Waals surface area (Å²) in [5.74, 6) is 0.464. The van der Waals surface area contributed by atoms with Crippen LogP contribution in [0.5, 0.6) is 5.75 Å². The van der Waals surface area contributed by atoms with Gasteiger partial charge in [0.2, 0.25) is 0 Å². The number of aromatic amines is 1. The summed E-state index contributed by atoms with van der Waals surface area (Å²) in [6.45, 7) is 2.15. The number of methoxy groups -OCH3 is 1. The molecule has 0 unspecified atom stereocenters. The Kier molecular flexibility index (Phi) is 4.66. The molecule has 0 fully saturated rings. The standard InChI is InChI=1S/C20H19NO3/c1-3-24-20(22)17-13-18(14-9-11-16(23-2)12-10-14)21-19(17)15-7-5-4-6-8-15/h4-13,21H,3H2,1-2H3. The van der Waals surface area contributed by atoms with E-state index < -0.39 is 0 Å². The maximum atomic E-state index is 12.3. The maximum absolute atomic E-state index is 12.3. The van der Waals surface area contributed by atoms with Crippen LogP contribution in [0.25, 0.3) is 22.5 Å². The molecular weight excluding hydrogens is 302 g/mol. The van der Waals surface area contributed by atoms with Crippen LogP contribution in [0.4, 0.5) is 0 Å². The summed E-state index contributed by atoms with van der Waals surface area (Å²) in [4.78, 5) is 15.7. The number of H-pyrrole nitrogens is 1. The molecule has 0 radical (unpaired) electrons. The van der Waals surface area contributed by atoms with Gasteiger partial charge in [-0.3, -0.25) is 0 Å². The van der Waals surface area contributed by atoms with Gasteiger partial charge in [0.15, 0.2) is 0 Å². The fourth-order valence-corrected chi connectivity index (χ4v) is 2.58. The molecule has 4 heteroatoms. The smallest absolute Gasteiger partial charge is 0.340 e. The molecule has 0 atom stereocenters. The monoisotopic (exact) mass is 321 g/mol. The van der Waals surface area contributed by atoms with Gasteiger partial charge >= 0.3 is 5.97 Å². The summed E-state index contributed by atoms with van der Waals surface area (Å²) in [6, 6.07) is 19.3. The first kappa shape index (κ1) is 15.9. The molecule has 1 N–H and O–H groups in total. The van der Waals surface area contributed by atoms with Crippen molar-refractivity contribution in [2.75, 3.05) is 13.7 Å². The number of hydrogen-bond acceptors (Lipinski definition) is 3. The molecule has 0 amide bonds. The minimum Gasteiger partial charge on any atom is -0.497 e. The second-order valence-corrected chi connectivity index (χ2v) is 5.29. The normalized spacial score (nSPS) is 10.4. The number of esters is 1. The van der Waals surface area contributed by atoms with Crippen molar-refractivity contribution < 1.29 is 14.3 Å². The first-order valence-corrected chi connectivity index (χ1v) is 7.83. The minimum absolute atomic E-state index is 0.327. The molecule has 24 heavy (non-hydrogen) atoms. The molecule has 0 spiro atoms. The second kappa shape index (κ2) is 7.04. The summed E-state index contributed by atoms with van der Waals surface area (Å²) in [7, 11) is 1.63. The zero-order valence-corrected chi connectivity index (χ0v) is 13.7. The predicted octanol–water partition coefficient (Wildman–Crippen LogP) is 4.53. The van der Waals surface area contributed by atoms with E-state index in [9.17, 15) is 4.79 Å². The van der Waals surface area contributed by atoms with Gasteiger partial charge in [0.1, 0.15) is 5.75 Å². The van der Waals surface area contributed by atoms with Crippen LogP contribution in [0, 0.1) is 0 Å². The van der Waals surface area contributed by atoms with Crippen LogP contribution in [0.2, 0.25) is 0 Å². The second-order valence-electron chi connectivity index (χ2n) is 5.29. The molecule has 3 aromatic rings. The van der Waals surface area contributed by atoms with Crippen molar-refractivity contribution in [1.82, 2.24) is 4.98 Å². The highest BCUT2D eigenvalue weighted by molar-refractivity contribution is 5.98. The Morgan fingerprint density at radius 3 is 2.33 bits per heavy atom. The molecule has 0 aliphatic carbocycles. The summed E-state index contributed by atoms with van der Waals surface area (Å²) >= 11 is 0. The summed E-state index contributed by atoms with van der Waals surface area (Å²) in [5, 5.41) is 0. The van der Waals surface area contributed by atoms with Gasteiger partial charge in [-0.05, 0) is 48.4 Å². The zero-order valence-electron chi connectivity index (χ0n) is 13.7. The number of aromatic nitrogens is 1. The third-order valence-electron chi connectivity index (χ3n) is 3.78. The molecule has 3 rings (SSSR count). The Balaban J connectivity index is 2.06. The first-order chi connectivity index (χ1) is 11.7. The molecule has 1 aromatic heterocycles. The third-order valence-corrected chi connectivity index (χ3v) is 3.78. The molecule has 2 aromatic carbocycles. The SMILES string of the molecule is CCOC(=O)c1cc(-c2ccc(OC)cc2)[nH]c1-c1ccccc1. The number of benzene rings is 2. The number of rotatable bonds is 5. The van der Waals surface area contributed by atoms with Crippen LogP contribution in [-0.4, -0.2) is 24.7 Å². The fraction of sp³-hybridized carbons (Fsp3) is 0.150. The molecule has 4 nitrogen and oxygen atoms in total. The lowest BCUT2D eigenvalue weighted by atomic mass is 10.1. The van der Waals surface area contributed by atoms with Gasteiger partial charge < -0.3 is 14.5 Å². The number of nitrogens with one attached hydrogen (secondary N) is 1. The van der Waals surface area contributed by atoms with Crippen LogP contribution < -0.4 is 4.74 Å². The van der Waals surface area contributed by atoms with Crippen molar-refractivity contribution in [3.8, 4) is 28.3 Å². The average Bonchev–Trinajstić information content (AvgIpc) is 3.08. The van der Waals surface area contributed by atoms with E-state index in [1.165, 1.54) is 0 Å². The summed E-state index contributed by atoms with van der Waals surface area (Å²) in [6.07, 6.45) is 0. The third kappa shape index (κ3) is 3.18. The van der Waals surface area contributed by atoms with Gasteiger partial charge in [-0.15, -0.1) is 0 Å². The quantitative estimate of drug-likeness (QED) is 0.702. The van der Waals surface area contributed by atoms with Crippen molar-refractivity contribution in [2.24, 2.45) is 0 Å². The lowest BCUT2D eigenvalue weighted by molar-refractivity contribution is 0.0527. The Labute approximate surface area is 141 Å². The summed E-state index contributed by atoms with van der Waals surface area (Å²) in [5.41, 5.74) is 4.08. The van der Waals surface area contributed by atoms with Crippen molar-refractivity contribution in [2.45, 2.75) is 6.92 Å². The van der Waals surface area contributed by atoms with Gasteiger partial charge in [0, 0.05) is 5.69 Å². The van der Waals surface area contributed by atoms with Gasteiger partial charge in [0.05, 0.1) is 25.0 Å². The van der Waals surface area contributed by atoms with Crippen molar-refractivity contribution in [3.05, 3.63) is 66.2 Å². The van der Waals surface area contributed by atoms with Crippen LogP contribution in [-0.2, 0) is 4.74 Å². The van der Waals surface area contributed by atoms with Crippen LogP contribution in [0.3, 0.4) is 0 Å². The number of carbonyl (C=O) groups is 1. The van der Waals surface area contributed by atoms with Gasteiger partial charge in [-0.1, -0.05) is 30.3 Å². The first-order valence-electron chi connectivity index (χ1n) is 7.83. The van der Waals surface area contributed by atoms with Crippen molar-refractivity contribution >= 4 is 5.97 Å². The van der Waals surface area contributed by atoms with E-state index in [1.54, 1.807) is 14.0 Å². The molecule has 0 aliphatic heterocycles. The van der Waals surface area contributed by atoms with E-state index in [2.05, 4.69) is 4.98 Å². The summed E-state index contributed by atoms with van der Waals surface area (Å²) < 4.78 is 10.4. The van der Waals surface area contributed by atoms with Gasteiger partial charge in [-0.2, -0.15) is 0 Å². The van der Waals surface area contributed by atoms with E-state index in [0.717, 1.165) is 28.3 Å². The fourth-order valence-electron chi connectivity index (χ4n) is 2.58. The minimum atomic E-state index is -0.327. The van der Waals surface area contributed by atoms with Crippen molar-refractivity contribution in [1.29, 1.82) is 0 Å². The lowest BCUT2D eigenvalue weighted by Crippen LogP contribution is -2.04. The van der Waals surface area contributed by atoms with Gasteiger partial charge in [-0.25, -0.2) is 4.79 Å². The van der Waals surface area contributed by atoms with Gasteiger partial charge in [0.25, 0.3) is 0 Å². The Bertz CT molecular complexity index is 820. The number of ether oxygens (including phenoxy) is 2. The van der Waals surface area contributed by atoms with E-state index >= 15 is 0 Å². The van der Waals surface area contributed by atoms with Crippen LogP contribution in [0.1, 0.15) is 17.3 Å². The highest BCUT2D eigenvalue weighted by Gasteiger charge is 2.18. The Hall–Kier alpha value is -3.01. The number of carbonyl (C=O) groups excluding carboxylic acids is 1. The van der Waals surface area contributed by atoms with E-state index in [4.69, 9.17) is 9.47 Å². The highest BCUT2D eigenvalue weighted by atomic mass is 16.5. The van der Waals surface area contributed by atoms with E-state index in [0.29, 0.717) is 12.2 Å². The van der Waals surface area contributed by atoms with Crippen LogP contribution >= 0.6 is 0 Å². The molecule has 0 saturated carbocycles. The average molecular weight is 321 g/mol. The lowest BCUT2D eigenvalue weighted by Gasteiger charge is -2.04. The molecule has 1 heterocycles. The zero-order chi connectivity index (χ0) is 16.9. The topological polar surface area (TPSA) is 51.3 Å². The van der Waals surface area contributed by atoms with E-state index in [-0.39, 0.29) is 5.97 Å².